The fourth-order valence-electron chi connectivity index (χ4n) is 3.39. The lowest BCUT2D eigenvalue weighted by Crippen LogP contribution is -2.38. The highest BCUT2D eigenvalue weighted by Gasteiger charge is 2.24. The van der Waals surface area contributed by atoms with Crippen molar-refractivity contribution in [3.63, 3.8) is 0 Å². The third-order valence-electron chi connectivity index (χ3n) is 4.76. The summed E-state index contributed by atoms with van der Waals surface area (Å²) in [4.78, 5) is 12.6. The molecule has 1 fully saturated rings. The zero-order chi connectivity index (χ0) is 17.1. The molecule has 1 aliphatic carbocycles. The molecule has 7 heteroatoms. The van der Waals surface area contributed by atoms with Crippen molar-refractivity contribution in [3.05, 3.63) is 60.9 Å². The van der Waals surface area contributed by atoms with Crippen molar-refractivity contribution in [3.8, 4) is 5.69 Å². The van der Waals surface area contributed by atoms with Gasteiger partial charge in [0, 0.05) is 29.7 Å². The maximum atomic E-state index is 12.6. The van der Waals surface area contributed by atoms with E-state index in [1.165, 1.54) is 0 Å². The van der Waals surface area contributed by atoms with Gasteiger partial charge in [-0.1, -0.05) is 6.07 Å². The molecular formula is C18H20N6O. The molecule has 0 bridgehead atoms. The molecule has 4 rings (SSSR count). The van der Waals surface area contributed by atoms with E-state index < -0.39 is 0 Å². The fraction of sp³-hybridized carbons (Fsp3) is 0.333. The van der Waals surface area contributed by atoms with Crippen LogP contribution in [0.4, 0.5) is 0 Å². The summed E-state index contributed by atoms with van der Waals surface area (Å²) in [6.07, 6.45) is 11.1. The van der Waals surface area contributed by atoms with Crippen LogP contribution in [0.2, 0.25) is 0 Å². The van der Waals surface area contributed by atoms with Crippen LogP contribution in [-0.2, 0) is 0 Å². The minimum atomic E-state index is -0.0301. The quantitative estimate of drug-likeness (QED) is 0.793. The van der Waals surface area contributed by atoms with Gasteiger partial charge in [0.05, 0.1) is 6.04 Å². The molecular weight excluding hydrogens is 316 g/mol. The molecule has 128 valence electrons. The van der Waals surface area contributed by atoms with Crippen molar-refractivity contribution in [2.75, 3.05) is 0 Å². The lowest BCUT2D eigenvalue weighted by molar-refractivity contribution is 0.0921. The number of hydrogen-bond acceptors (Lipinski definition) is 4. The first-order valence-electron chi connectivity index (χ1n) is 8.54. The van der Waals surface area contributed by atoms with E-state index in [0.717, 1.165) is 31.4 Å². The van der Waals surface area contributed by atoms with E-state index in [1.807, 2.05) is 47.4 Å². The first-order valence-corrected chi connectivity index (χ1v) is 8.54. The van der Waals surface area contributed by atoms with Crippen LogP contribution in [0.3, 0.4) is 0 Å². The molecule has 3 aromatic rings. The molecule has 0 atom stereocenters. The van der Waals surface area contributed by atoms with Crippen LogP contribution in [0.5, 0.6) is 0 Å². The molecule has 0 unspecified atom stereocenters. The Kier molecular flexibility index (Phi) is 4.28. The fourth-order valence-corrected chi connectivity index (χ4v) is 3.39. The van der Waals surface area contributed by atoms with E-state index in [-0.39, 0.29) is 11.9 Å². The standard InChI is InChI=1S/C18H20N6O/c25-18(14-3-1-4-17(11-14)23-12-19-20-13-23)22-15-5-7-16(8-6-15)24-10-2-9-21-24/h1-4,9-13,15-16H,5-8H2,(H,22,25). The summed E-state index contributed by atoms with van der Waals surface area (Å²) >= 11 is 0. The molecule has 1 aromatic carbocycles. The number of benzene rings is 1. The SMILES string of the molecule is O=C(NC1CCC(n2cccn2)CC1)c1cccc(-n2cnnc2)c1. The molecule has 25 heavy (non-hydrogen) atoms. The number of nitrogens with zero attached hydrogens (tertiary/aromatic N) is 5. The molecule has 2 heterocycles. The van der Waals surface area contributed by atoms with Gasteiger partial charge < -0.3 is 5.32 Å². The first kappa shape index (κ1) is 15.6. The van der Waals surface area contributed by atoms with Crippen LogP contribution in [0.1, 0.15) is 42.1 Å². The van der Waals surface area contributed by atoms with Crippen molar-refractivity contribution >= 4 is 5.91 Å². The Morgan fingerprint density at radius 1 is 1.08 bits per heavy atom. The monoisotopic (exact) mass is 336 g/mol. The van der Waals surface area contributed by atoms with Crippen molar-refractivity contribution in [2.45, 2.75) is 37.8 Å². The van der Waals surface area contributed by atoms with Gasteiger partial charge in [-0.25, -0.2) is 0 Å². The summed E-state index contributed by atoms with van der Waals surface area (Å²) in [6, 6.07) is 10.1. The first-order chi connectivity index (χ1) is 12.3. The van der Waals surface area contributed by atoms with E-state index >= 15 is 0 Å². The van der Waals surface area contributed by atoms with Crippen LogP contribution < -0.4 is 5.32 Å². The zero-order valence-corrected chi connectivity index (χ0v) is 13.8. The van der Waals surface area contributed by atoms with Gasteiger partial charge in [-0.05, 0) is 49.9 Å². The molecule has 0 radical (unpaired) electrons. The lowest BCUT2D eigenvalue weighted by atomic mass is 9.91. The van der Waals surface area contributed by atoms with E-state index in [2.05, 4.69) is 20.6 Å². The number of amides is 1. The molecule has 1 N–H and O–H groups in total. The predicted octanol–water partition coefficient (Wildman–Crippen LogP) is 2.38. The average molecular weight is 336 g/mol. The number of hydrogen-bond donors (Lipinski definition) is 1. The third-order valence-corrected chi connectivity index (χ3v) is 4.76. The van der Waals surface area contributed by atoms with Crippen molar-refractivity contribution in [1.29, 1.82) is 0 Å². The second-order valence-electron chi connectivity index (χ2n) is 6.38. The Morgan fingerprint density at radius 3 is 2.60 bits per heavy atom. The summed E-state index contributed by atoms with van der Waals surface area (Å²) < 4.78 is 3.81. The second kappa shape index (κ2) is 6.88. The average Bonchev–Trinajstić information content (AvgIpc) is 3.36. The highest BCUT2D eigenvalue weighted by atomic mass is 16.1. The number of nitrogens with one attached hydrogen (secondary N) is 1. The van der Waals surface area contributed by atoms with E-state index in [1.54, 1.807) is 17.2 Å². The van der Waals surface area contributed by atoms with Crippen molar-refractivity contribution in [1.82, 2.24) is 29.9 Å². The summed E-state index contributed by atoms with van der Waals surface area (Å²) in [5, 5.41) is 15.1. The summed E-state index contributed by atoms with van der Waals surface area (Å²) in [5.74, 6) is -0.0301. The van der Waals surface area contributed by atoms with Crippen molar-refractivity contribution in [2.24, 2.45) is 0 Å². The molecule has 0 aliphatic heterocycles. The maximum absolute atomic E-state index is 12.6. The smallest absolute Gasteiger partial charge is 0.251 e. The van der Waals surface area contributed by atoms with Gasteiger partial charge in [0.2, 0.25) is 0 Å². The van der Waals surface area contributed by atoms with Crippen LogP contribution in [0, 0.1) is 0 Å². The highest BCUT2D eigenvalue weighted by Crippen LogP contribution is 2.28. The van der Waals surface area contributed by atoms with Gasteiger partial charge in [0.1, 0.15) is 12.7 Å². The number of carbonyl (C=O) groups is 1. The van der Waals surface area contributed by atoms with Gasteiger partial charge in [-0.3, -0.25) is 14.0 Å². The molecule has 0 spiro atoms. The molecule has 7 nitrogen and oxygen atoms in total. The van der Waals surface area contributed by atoms with Crippen LogP contribution in [-0.4, -0.2) is 36.5 Å². The van der Waals surface area contributed by atoms with Gasteiger partial charge in [0.15, 0.2) is 0 Å². The summed E-state index contributed by atoms with van der Waals surface area (Å²) in [6.45, 7) is 0. The Balaban J connectivity index is 1.37. The summed E-state index contributed by atoms with van der Waals surface area (Å²) in [7, 11) is 0. The zero-order valence-electron chi connectivity index (χ0n) is 13.8. The predicted molar refractivity (Wildman–Crippen MR) is 92.3 cm³/mol. The highest BCUT2D eigenvalue weighted by molar-refractivity contribution is 5.94. The van der Waals surface area contributed by atoms with Gasteiger partial charge in [-0.2, -0.15) is 5.10 Å². The number of carbonyl (C=O) groups excluding carboxylic acids is 1. The Bertz CT molecular complexity index is 819. The molecule has 1 aliphatic rings. The molecule has 1 amide bonds. The van der Waals surface area contributed by atoms with E-state index in [0.29, 0.717) is 11.6 Å². The van der Waals surface area contributed by atoms with E-state index in [9.17, 15) is 4.79 Å². The minimum absolute atomic E-state index is 0.0301. The van der Waals surface area contributed by atoms with Crippen LogP contribution in [0.15, 0.2) is 55.4 Å². The number of aromatic nitrogens is 5. The Morgan fingerprint density at radius 2 is 1.88 bits per heavy atom. The molecule has 2 aromatic heterocycles. The molecule has 1 saturated carbocycles. The lowest BCUT2D eigenvalue weighted by Gasteiger charge is -2.29. The molecule has 0 saturated heterocycles. The van der Waals surface area contributed by atoms with Gasteiger partial charge in [0.25, 0.3) is 5.91 Å². The maximum Gasteiger partial charge on any atom is 0.251 e. The van der Waals surface area contributed by atoms with Gasteiger partial charge >= 0.3 is 0 Å². The summed E-state index contributed by atoms with van der Waals surface area (Å²) in [5.41, 5.74) is 1.53. The van der Waals surface area contributed by atoms with Gasteiger partial charge in [-0.15, -0.1) is 10.2 Å². The van der Waals surface area contributed by atoms with Crippen LogP contribution >= 0.6 is 0 Å². The second-order valence-corrected chi connectivity index (χ2v) is 6.38. The van der Waals surface area contributed by atoms with E-state index in [4.69, 9.17) is 0 Å². The Hall–Kier alpha value is -2.96. The van der Waals surface area contributed by atoms with Crippen LogP contribution in [0.25, 0.3) is 5.69 Å². The normalized spacial score (nSPS) is 20.3. The largest absolute Gasteiger partial charge is 0.349 e. The third kappa shape index (κ3) is 3.45. The Labute approximate surface area is 145 Å². The number of rotatable bonds is 4. The topological polar surface area (TPSA) is 77.6 Å². The minimum Gasteiger partial charge on any atom is -0.349 e. The van der Waals surface area contributed by atoms with Crippen molar-refractivity contribution < 1.29 is 4.79 Å².